The second kappa shape index (κ2) is 8.50. The van der Waals surface area contributed by atoms with Gasteiger partial charge in [0.15, 0.2) is 5.65 Å². The molecule has 1 fully saturated rings. The summed E-state index contributed by atoms with van der Waals surface area (Å²) in [6.45, 7) is 4.92. The highest BCUT2D eigenvalue weighted by Crippen LogP contribution is 2.35. The standard InChI is InChI=1S/C24H25N7O2/c1-3-29-11-5-7-19(24(29)33)23(32)27-18-12-20(17-6-4-10-25-14-17)30(15-18)22-9-8-21-26-13-16(2)31(21)28-22/h4-11,13-14,18,20H,3,12,15H2,1-2H3,(H,27,32)/t18?,20-/m1/s1. The summed E-state index contributed by atoms with van der Waals surface area (Å²) < 4.78 is 3.35. The van der Waals surface area contributed by atoms with E-state index in [1.807, 2.05) is 48.8 Å². The molecule has 1 unspecified atom stereocenters. The number of aromatic nitrogens is 5. The number of hydrogen-bond donors (Lipinski definition) is 1. The van der Waals surface area contributed by atoms with Gasteiger partial charge in [-0.05, 0) is 56.2 Å². The molecule has 5 heterocycles. The summed E-state index contributed by atoms with van der Waals surface area (Å²) in [5.74, 6) is 0.440. The van der Waals surface area contributed by atoms with Crippen LogP contribution in [0, 0.1) is 6.92 Å². The van der Waals surface area contributed by atoms with Crippen molar-refractivity contribution in [3.8, 4) is 0 Å². The molecule has 0 saturated carbocycles. The lowest BCUT2D eigenvalue weighted by Crippen LogP contribution is -2.40. The molecule has 0 spiro atoms. The average molecular weight is 444 g/mol. The highest BCUT2D eigenvalue weighted by Gasteiger charge is 2.35. The molecule has 5 rings (SSSR count). The van der Waals surface area contributed by atoms with Gasteiger partial charge in [-0.2, -0.15) is 0 Å². The number of rotatable bonds is 5. The van der Waals surface area contributed by atoms with Gasteiger partial charge in [-0.25, -0.2) is 9.50 Å². The van der Waals surface area contributed by atoms with Crippen molar-refractivity contribution in [1.29, 1.82) is 0 Å². The van der Waals surface area contributed by atoms with Crippen LogP contribution in [0.25, 0.3) is 5.65 Å². The molecule has 4 aromatic rings. The third-order valence-corrected chi connectivity index (χ3v) is 6.12. The number of pyridine rings is 2. The first-order chi connectivity index (χ1) is 16.0. The van der Waals surface area contributed by atoms with E-state index in [2.05, 4.69) is 20.2 Å². The Morgan fingerprint density at radius 3 is 2.85 bits per heavy atom. The molecule has 1 saturated heterocycles. The van der Waals surface area contributed by atoms with Gasteiger partial charge in [-0.3, -0.25) is 14.6 Å². The predicted octanol–water partition coefficient (Wildman–Crippen LogP) is 2.36. The van der Waals surface area contributed by atoms with Crippen LogP contribution in [0.3, 0.4) is 0 Å². The summed E-state index contributed by atoms with van der Waals surface area (Å²) in [6, 6.07) is 11.0. The Labute approximate surface area is 190 Å². The summed E-state index contributed by atoms with van der Waals surface area (Å²) in [5, 5.41) is 7.86. The molecule has 2 atom stereocenters. The van der Waals surface area contributed by atoms with Crippen LogP contribution >= 0.6 is 0 Å². The highest BCUT2D eigenvalue weighted by molar-refractivity contribution is 5.94. The number of carbonyl (C=O) groups excluding carboxylic acids is 1. The average Bonchev–Trinajstić information content (AvgIpc) is 3.43. The minimum atomic E-state index is -0.353. The molecule has 9 heteroatoms. The fourth-order valence-electron chi connectivity index (χ4n) is 4.44. The molecule has 168 valence electrons. The zero-order chi connectivity index (χ0) is 22.9. The van der Waals surface area contributed by atoms with Crippen LogP contribution in [0.15, 0.2) is 66.0 Å². The van der Waals surface area contributed by atoms with E-state index in [9.17, 15) is 9.59 Å². The maximum absolute atomic E-state index is 13.0. The number of nitrogens with one attached hydrogen (secondary N) is 1. The van der Waals surface area contributed by atoms with Crippen molar-refractivity contribution in [2.24, 2.45) is 0 Å². The number of carbonyl (C=O) groups is 1. The molecule has 0 aliphatic carbocycles. The molecule has 1 N–H and O–H groups in total. The maximum Gasteiger partial charge on any atom is 0.263 e. The first-order valence-electron chi connectivity index (χ1n) is 11.0. The molecule has 33 heavy (non-hydrogen) atoms. The predicted molar refractivity (Wildman–Crippen MR) is 124 cm³/mol. The molecule has 0 aromatic carbocycles. The van der Waals surface area contributed by atoms with Crippen LogP contribution in [0.5, 0.6) is 0 Å². The normalized spacial score (nSPS) is 18.1. The van der Waals surface area contributed by atoms with E-state index >= 15 is 0 Å². The van der Waals surface area contributed by atoms with Crippen LogP contribution in [0.1, 0.15) is 41.0 Å². The number of anilines is 1. The fourth-order valence-corrected chi connectivity index (χ4v) is 4.44. The molecule has 1 amide bonds. The van der Waals surface area contributed by atoms with E-state index in [1.54, 1.807) is 30.7 Å². The van der Waals surface area contributed by atoms with Gasteiger partial charge in [0.2, 0.25) is 0 Å². The van der Waals surface area contributed by atoms with Crippen molar-refractivity contribution in [2.75, 3.05) is 11.4 Å². The number of hydrogen-bond acceptors (Lipinski definition) is 6. The van der Waals surface area contributed by atoms with Gasteiger partial charge in [0.05, 0.1) is 17.9 Å². The Morgan fingerprint density at radius 2 is 2.06 bits per heavy atom. The van der Waals surface area contributed by atoms with Gasteiger partial charge in [-0.1, -0.05) is 6.07 Å². The number of imidazole rings is 1. The van der Waals surface area contributed by atoms with Gasteiger partial charge in [0.25, 0.3) is 11.5 Å². The van der Waals surface area contributed by atoms with E-state index in [1.165, 1.54) is 4.57 Å². The van der Waals surface area contributed by atoms with Crippen LogP contribution in [0.2, 0.25) is 0 Å². The van der Waals surface area contributed by atoms with Gasteiger partial charge in [0, 0.05) is 37.7 Å². The van der Waals surface area contributed by atoms with Crippen LogP contribution in [0.4, 0.5) is 5.82 Å². The highest BCUT2D eigenvalue weighted by atomic mass is 16.2. The molecular formula is C24H25N7O2. The van der Waals surface area contributed by atoms with Crippen molar-refractivity contribution in [3.63, 3.8) is 0 Å². The van der Waals surface area contributed by atoms with E-state index in [-0.39, 0.29) is 29.1 Å². The topological polar surface area (TPSA) is 97.4 Å². The van der Waals surface area contributed by atoms with Crippen LogP contribution < -0.4 is 15.8 Å². The molecular weight excluding hydrogens is 418 g/mol. The minimum absolute atomic E-state index is 0.0131. The monoisotopic (exact) mass is 443 g/mol. The quantitative estimate of drug-likeness (QED) is 0.509. The van der Waals surface area contributed by atoms with Gasteiger partial charge >= 0.3 is 0 Å². The minimum Gasteiger partial charge on any atom is -0.347 e. The van der Waals surface area contributed by atoms with E-state index in [0.717, 1.165) is 22.7 Å². The van der Waals surface area contributed by atoms with Crippen LogP contribution in [-0.4, -0.2) is 42.6 Å². The third-order valence-electron chi connectivity index (χ3n) is 6.12. The number of aryl methyl sites for hydroxylation is 2. The molecule has 0 bridgehead atoms. The van der Waals surface area contributed by atoms with Crippen molar-refractivity contribution in [2.45, 2.75) is 38.9 Å². The second-order valence-corrected chi connectivity index (χ2v) is 8.23. The van der Waals surface area contributed by atoms with Gasteiger partial charge in [-0.15, -0.1) is 5.10 Å². The van der Waals surface area contributed by atoms with Crippen molar-refractivity contribution < 1.29 is 4.79 Å². The molecule has 9 nitrogen and oxygen atoms in total. The zero-order valence-electron chi connectivity index (χ0n) is 18.5. The largest absolute Gasteiger partial charge is 0.347 e. The number of fused-ring (bicyclic) bond motifs is 1. The van der Waals surface area contributed by atoms with E-state index < -0.39 is 0 Å². The summed E-state index contributed by atoms with van der Waals surface area (Å²) in [7, 11) is 0. The first-order valence-corrected chi connectivity index (χ1v) is 11.0. The Bertz CT molecular complexity index is 1360. The van der Waals surface area contributed by atoms with Crippen LogP contribution in [-0.2, 0) is 6.54 Å². The molecule has 1 aliphatic rings. The molecule has 4 aromatic heterocycles. The lowest BCUT2D eigenvalue weighted by molar-refractivity contribution is 0.0937. The lowest BCUT2D eigenvalue weighted by atomic mass is 10.0. The van der Waals surface area contributed by atoms with E-state index in [4.69, 9.17) is 5.10 Å². The molecule has 1 aliphatic heterocycles. The van der Waals surface area contributed by atoms with E-state index in [0.29, 0.717) is 19.5 Å². The Morgan fingerprint density at radius 1 is 1.18 bits per heavy atom. The summed E-state index contributed by atoms with van der Waals surface area (Å²) in [5.41, 5.74) is 2.66. The Hall–Kier alpha value is -4.01. The second-order valence-electron chi connectivity index (χ2n) is 8.23. The number of nitrogens with zero attached hydrogens (tertiary/aromatic N) is 6. The molecule has 0 radical (unpaired) electrons. The zero-order valence-corrected chi connectivity index (χ0v) is 18.5. The smallest absolute Gasteiger partial charge is 0.263 e. The first kappa shape index (κ1) is 20.9. The lowest BCUT2D eigenvalue weighted by Gasteiger charge is -2.25. The maximum atomic E-state index is 13.0. The third kappa shape index (κ3) is 3.86. The summed E-state index contributed by atoms with van der Waals surface area (Å²) in [4.78, 5) is 36.4. The fraction of sp³-hybridized carbons (Fsp3) is 0.292. The summed E-state index contributed by atoms with van der Waals surface area (Å²) in [6.07, 6.45) is 7.75. The van der Waals surface area contributed by atoms with Crippen molar-refractivity contribution in [1.82, 2.24) is 29.5 Å². The van der Waals surface area contributed by atoms with Crippen molar-refractivity contribution >= 4 is 17.4 Å². The SMILES string of the molecule is CCn1cccc(C(=O)NC2C[C@H](c3cccnc3)N(c3ccc4ncc(C)n4n3)C2)c1=O. The number of amides is 1. The van der Waals surface area contributed by atoms with Gasteiger partial charge < -0.3 is 14.8 Å². The Balaban J connectivity index is 1.45. The van der Waals surface area contributed by atoms with Gasteiger partial charge in [0.1, 0.15) is 11.4 Å². The van der Waals surface area contributed by atoms with Crippen molar-refractivity contribution in [3.05, 3.63) is 88.4 Å². The Kier molecular flexibility index (Phi) is 5.37. The summed E-state index contributed by atoms with van der Waals surface area (Å²) >= 11 is 0.